The fourth-order valence-corrected chi connectivity index (χ4v) is 4.81. The summed E-state index contributed by atoms with van der Waals surface area (Å²) < 4.78 is 33.9. The molecule has 0 spiro atoms. The molecule has 0 aliphatic carbocycles. The van der Waals surface area contributed by atoms with Gasteiger partial charge >= 0.3 is 0 Å². The fourth-order valence-electron chi connectivity index (χ4n) is 3.33. The normalized spacial score (nSPS) is 15.8. The van der Waals surface area contributed by atoms with E-state index in [-0.39, 0.29) is 11.4 Å². The Kier molecular flexibility index (Phi) is 5.22. The van der Waals surface area contributed by atoms with E-state index < -0.39 is 22.0 Å². The lowest BCUT2D eigenvalue weighted by Gasteiger charge is -2.34. The van der Waals surface area contributed by atoms with E-state index in [4.69, 9.17) is 4.74 Å². The van der Waals surface area contributed by atoms with Crippen molar-refractivity contribution in [1.82, 2.24) is 0 Å². The number of hydrogen-bond acceptors (Lipinski definition) is 4. The zero-order valence-corrected chi connectivity index (χ0v) is 17.5. The number of hydrogen-bond donors (Lipinski definition) is 1. The molecule has 0 fully saturated rings. The van der Waals surface area contributed by atoms with Crippen LogP contribution in [-0.4, -0.2) is 27.0 Å². The third-order valence-electron chi connectivity index (χ3n) is 5.04. The third kappa shape index (κ3) is 3.76. The number of carbonyl (C=O) groups excluding carboxylic acids is 1. The summed E-state index contributed by atoms with van der Waals surface area (Å²) in [7, 11) is -3.87. The van der Waals surface area contributed by atoms with Crippen LogP contribution in [-0.2, 0) is 14.8 Å². The van der Waals surface area contributed by atoms with Gasteiger partial charge in [-0.3, -0.25) is 9.10 Å². The highest BCUT2D eigenvalue weighted by Crippen LogP contribution is 2.37. The summed E-state index contributed by atoms with van der Waals surface area (Å²) in [6, 6.07) is 20.9. The Labute approximate surface area is 176 Å². The first-order valence-corrected chi connectivity index (χ1v) is 11.0. The average Bonchev–Trinajstić information content (AvgIpc) is 2.74. The van der Waals surface area contributed by atoms with Crippen LogP contribution in [0.5, 0.6) is 5.75 Å². The molecule has 1 aliphatic rings. The second-order valence-electron chi connectivity index (χ2n) is 7.23. The molecule has 3 aromatic carbocycles. The van der Waals surface area contributed by atoms with E-state index in [1.165, 1.54) is 4.31 Å². The van der Waals surface area contributed by atoms with E-state index in [0.29, 0.717) is 17.1 Å². The monoisotopic (exact) mass is 422 g/mol. The van der Waals surface area contributed by atoms with Crippen molar-refractivity contribution in [2.45, 2.75) is 24.8 Å². The number of nitrogens with zero attached hydrogens (tertiary/aromatic N) is 1. The predicted octanol–water partition coefficient (Wildman–Crippen LogP) is 3.90. The Morgan fingerprint density at radius 2 is 1.63 bits per heavy atom. The summed E-state index contributed by atoms with van der Waals surface area (Å²) in [4.78, 5) is 13.1. The van der Waals surface area contributed by atoms with Gasteiger partial charge in [0.25, 0.3) is 15.9 Å². The molecule has 3 aromatic rings. The second-order valence-corrected chi connectivity index (χ2v) is 9.09. The van der Waals surface area contributed by atoms with Gasteiger partial charge in [0.15, 0.2) is 6.10 Å². The van der Waals surface area contributed by atoms with Crippen LogP contribution in [0.3, 0.4) is 0 Å². The van der Waals surface area contributed by atoms with Crippen molar-refractivity contribution in [3.05, 3.63) is 83.9 Å². The summed E-state index contributed by atoms with van der Waals surface area (Å²) >= 11 is 0. The van der Waals surface area contributed by atoms with E-state index in [9.17, 15) is 13.2 Å². The first kappa shape index (κ1) is 20.0. The minimum absolute atomic E-state index is 0.120. The average molecular weight is 423 g/mol. The Morgan fingerprint density at radius 3 is 2.37 bits per heavy atom. The number of sulfonamides is 1. The molecule has 1 N–H and O–H groups in total. The summed E-state index contributed by atoms with van der Waals surface area (Å²) in [5.41, 5.74) is 2.95. The Hall–Kier alpha value is -3.32. The van der Waals surface area contributed by atoms with Gasteiger partial charge in [0, 0.05) is 5.69 Å². The van der Waals surface area contributed by atoms with Crippen LogP contribution in [0.25, 0.3) is 0 Å². The van der Waals surface area contributed by atoms with Gasteiger partial charge in [-0.05, 0) is 49.7 Å². The fraction of sp³-hybridized carbons (Fsp3) is 0.174. The lowest BCUT2D eigenvalue weighted by atomic mass is 10.2. The molecule has 0 aromatic heterocycles. The van der Waals surface area contributed by atoms with Crippen molar-refractivity contribution in [2.24, 2.45) is 0 Å². The number of fused-ring (bicyclic) bond motifs is 1. The zero-order chi connectivity index (χ0) is 21.3. The SMILES string of the molecule is Cc1ccc(S(=O)(=O)N2C[C@H](C(=O)Nc3ccccc3C)Oc3ccccc32)cc1. The summed E-state index contributed by atoms with van der Waals surface area (Å²) in [5, 5.41) is 2.84. The zero-order valence-electron chi connectivity index (χ0n) is 16.7. The topological polar surface area (TPSA) is 75.7 Å². The van der Waals surface area contributed by atoms with Crippen LogP contribution in [0.1, 0.15) is 11.1 Å². The Balaban J connectivity index is 1.68. The van der Waals surface area contributed by atoms with E-state index >= 15 is 0 Å². The van der Waals surface area contributed by atoms with Gasteiger partial charge in [-0.25, -0.2) is 8.42 Å². The molecule has 1 amide bonds. The van der Waals surface area contributed by atoms with Crippen LogP contribution in [0, 0.1) is 13.8 Å². The van der Waals surface area contributed by atoms with Gasteiger partial charge in [0.2, 0.25) is 0 Å². The van der Waals surface area contributed by atoms with E-state index in [1.807, 2.05) is 32.0 Å². The van der Waals surface area contributed by atoms with Crippen molar-refractivity contribution >= 4 is 27.3 Å². The molecule has 0 bridgehead atoms. The molecular weight excluding hydrogens is 400 g/mol. The number of anilines is 2. The minimum Gasteiger partial charge on any atom is -0.476 e. The van der Waals surface area contributed by atoms with Crippen molar-refractivity contribution in [3.63, 3.8) is 0 Å². The number of aryl methyl sites for hydroxylation is 2. The molecule has 154 valence electrons. The highest BCUT2D eigenvalue weighted by atomic mass is 32.2. The van der Waals surface area contributed by atoms with Crippen LogP contribution >= 0.6 is 0 Å². The van der Waals surface area contributed by atoms with Crippen molar-refractivity contribution in [1.29, 1.82) is 0 Å². The van der Waals surface area contributed by atoms with Crippen LogP contribution in [0.4, 0.5) is 11.4 Å². The van der Waals surface area contributed by atoms with Crippen molar-refractivity contribution < 1.29 is 17.9 Å². The first-order chi connectivity index (χ1) is 14.4. The number of para-hydroxylation sites is 3. The largest absolute Gasteiger partial charge is 0.476 e. The smallest absolute Gasteiger partial charge is 0.267 e. The maximum atomic E-state index is 13.4. The highest BCUT2D eigenvalue weighted by molar-refractivity contribution is 7.92. The van der Waals surface area contributed by atoms with Gasteiger partial charge in [0.05, 0.1) is 17.1 Å². The number of amides is 1. The summed E-state index contributed by atoms with van der Waals surface area (Å²) in [5.74, 6) is -0.0488. The molecule has 0 saturated heterocycles. The maximum absolute atomic E-state index is 13.4. The number of rotatable bonds is 4. The maximum Gasteiger partial charge on any atom is 0.267 e. The van der Waals surface area contributed by atoms with Gasteiger partial charge in [-0.15, -0.1) is 0 Å². The molecule has 1 heterocycles. The molecule has 6 nitrogen and oxygen atoms in total. The molecule has 0 radical (unpaired) electrons. The molecular formula is C23H22N2O4S. The summed E-state index contributed by atoms with van der Waals surface area (Å²) in [6.45, 7) is 3.66. The molecule has 1 aliphatic heterocycles. The number of benzene rings is 3. The molecule has 1 atom stereocenters. The van der Waals surface area contributed by atoms with Crippen LogP contribution in [0.2, 0.25) is 0 Å². The number of carbonyl (C=O) groups is 1. The van der Waals surface area contributed by atoms with Gasteiger partial charge < -0.3 is 10.1 Å². The molecule has 0 saturated carbocycles. The lowest BCUT2D eigenvalue weighted by Crippen LogP contribution is -2.48. The highest BCUT2D eigenvalue weighted by Gasteiger charge is 2.37. The van der Waals surface area contributed by atoms with E-state index in [2.05, 4.69) is 5.32 Å². The first-order valence-electron chi connectivity index (χ1n) is 9.58. The van der Waals surface area contributed by atoms with Crippen LogP contribution in [0.15, 0.2) is 77.7 Å². The van der Waals surface area contributed by atoms with E-state index in [0.717, 1.165) is 11.1 Å². The molecule has 30 heavy (non-hydrogen) atoms. The quantitative estimate of drug-likeness (QED) is 0.692. The van der Waals surface area contributed by atoms with Gasteiger partial charge in [-0.1, -0.05) is 48.0 Å². The predicted molar refractivity (Wildman–Crippen MR) is 116 cm³/mol. The molecule has 4 rings (SSSR count). The van der Waals surface area contributed by atoms with Crippen LogP contribution < -0.4 is 14.4 Å². The second kappa shape index (κ2) is 7.84. The summed E-state index contributed by atoms with van der Waals surface area (Å²) in [6.07, 6.45) is -0.986. The van der Waals surface area contributed by atoms with Gasteiger partial charge in [0.1, 0.15) is 5.75 Å². The standard InChI is InChI=1S/C23H22N2O4S/c1-16-11-13-18(14-12-16)30(27,28)25-15-22(29-21-10-6-5-9-20(21)25)23(26)24-19-8-4-3-7-17(19)2/h3-14,22H,15H2,1-2H3,(H,24,26)/t22-/m1/s1. The van der Waals surface area contributed by atoms with Crippen molar-refractivity contribution in [3.8, 4) is 5.75 Å². The van der Waals surface area contributed by atoms with E-state index in [1.54, 1.807) is 54.6 Å². The number of nitrogens with one attached hydrogen (secondary N) is 1. The number of ether oxygens (including phenoxy) is 1. The molecule has 0 unspecified atom stereocenters. The third-order valence-corrected chi connectivity index (χ3v) is 6.83. The minimum atomic E-state index is -3.87. The lowest BCUT2D eigenvalue weighted by molar-refractivity contribution is -0.122. The Morgan fingerprint density at radius 1 is 0.967 bits per heavy atom. The molecule has 7 heteroatoms. The Bertz CT molecular complexity index is 1190. The van der Waals surface area contributed by atoms with Crippen molar-refractivity contribution in [2.75, 3.05) is 16.2 Å². The van der Waals surface area contributed by atoms with Gasteiger partial charge in [-0.2, -0.15) is 0 Å².